The monoisotopic (exact) mass is 461 g/mol. The lowest BCUT2D eigenvalue weighted by atomic mass is 10.1. The van der Waals surface area contributed by atoms with Gasteiger partial charge in [-0.05, 0) is 50.1 Å². The zero-order valence-corrected chi connectivity index (χ0v) is 19.1. The molecule has 2 aromatic rings. The van der Waals surface area contributed by atoms with E-state index in [1.165, 1.54) is 54.9 Å². The van der Waals surface area contributed by atoms with Gasteiger partial charge in [0.1, 0.15) is 11.5 Å². The number of hydrogen-bond donors (Lipinski definition) is 2. The van der Waals surface area contributed by atoms with E-state index in [0.717, 1.165) is 24.8 Å². The predicted molar refractivity (Wildman–Crippen MR) is 118 cm³/mol. The van der Waals surface area contributed by atoms with Gasteiger partial charge >= 0.3 is 0 Å². The van der Waals surface area contributed by atoms with Gasteiger partial charge in [-0.3, -0.25) is 20.4 Å². The fourth-order valence-electron chi connectivity index (χ4n) is 3.53. The molecule has 1 aliphatic rings. The lowest BCUT2D eigenvalue weighted by Gasteiger charge is -2.26. The number of amides is 2. The third-order valence-corrected chi connectivity index (χ3v) is 7.25. The van der Waals surface area contributed by atoms with Crippen LogP contribution >= 0.6 is 0 Å². The first-order chi connectivity index (χ1) is 15.3. The van der Waals surface area contributed by atoms with Crippen molar-refractivity contribution in [1.82, 2.24) is 15.2 Å². The molecule has 3 rings (SSSR count). The molecule has 0 saturated carbocycles. The van der Waals surface area contributed by atoms with Crippen LogP contribution in [0.4, 0.5) is 0 Å². The van der Waals surface area contributed by atoms with Crippen molar-refractivity contribution in [2.75, 3.05) is 27.3 Å². The number of carbonyl (C=O) groups excluding carboxylic acids is 2. The molecule has 2 N–H and O–H groups in total. The zero-order chi connectivity index (χ0) is 23.3. The molecule has 32 heavy (non-hydrogen) atoms. The van der Waals surface area contributed by atoms with Gasteiger partial charge in [0.15, 0.2) is 0 Å². The predicted octanol–water partition coefficient (Wildman–Crippen LogP) is 2.26. The molecule has 0 bridgehead atoms. The molecular weight excluding hydrogens is 434 g/mol. The Kier molecular flexibility index (Phi) is 7.37. The first kappa shape index (κ1) is 23.6. The Bertz CT molecular complexity index is 1090. The molecule has 172 valence electrons. The van der Waals surface area contributed by atoms with E-state index >= 15 is 0 Å². The standard InChI is InChI=1S/C22H27N3O6S/c1-15-19(30-2)13-17(14-20(15)31-3)22(27)24-23-21(26)16-8-7-9-18(12-16)32(28,29)25-10-5-4-6-11-25/h7-9,12-14H,4-6,10-11H2,1-3H3,(H,23,26)(H,24,27). The summed E-state index contributed by atoms with van der Waals surface area (Å²) < 4.78 is 37.7. The summed E-state index contributed by atoms with van der Waals surface area (Å²) in [7, 11) is -0.709. The number of hydrazine groups is 1. The molecule has 0 spiro atoms. The van der Waals surface area contributed by atoms with Crippen LogP contribution in [0, 0.1) is 6.92 Å². The highest BCUT2D eigenvalue weighted by atomic mass is 32.2. The number of nitrogens with zero attached hydrogens (tertiary/aromatic N) is 1. The first-order valence-corrected chi connectivity index (χ1v) is 11.7. The second-order valence-corrected chi connectivity index (χ2v) is 9.34. The molecule has 0 aromatic heterocycles. The smallest absolute Gasteiger partial charge is 0.269 e. The van der Waals surface area contributed by atoms with Crippen molar-refractivity contribution in [3.63, 3.8) is 0 Å². The summed E-state index contributed by atoms with van der Waals surface area (Å²) in [6.07, 6.45) is 2.65. The quantitative estimate of drug-likeness (QED) is 0.638. The van der Waals surface area contributed by atoms with Crippen LogP contribution in [0.5, 0.6) is 11.5 Å². The number of ether oxygens (including phenoxy) is 2. The largest absolute Gasteiger partial charge is 0.496 e. The molecule has 1 aliphatic heterocycles. The number of sulfonamides is 1. The molecule has 2 aromatic carbocycles. The van der Waals surface area contributed by atoms with Crippen molar-refractivity contribution in [3.05, 3.63) is 53.1 Å². The molecule has 0 atom stereocenters. The van der Waals surface area contributed by atoms with Gasteiger partial charge in [0, 0.05) is 29.8 Å². The third-order valence-electron chi connectivity index (χ3n) is 5.35. The molecule has 1 fully saturated rings. The first-order valence-electron chi connectivity index (χ1n) is 10.2. The number of methoxy groups -OCH3 is 2. The van der Waals surface area contributed by atoms with Crippen LogP contribution in [0.3, 0.4) is 0 Å². The van der Waals surface area contributed by atoms with Gasteiger partial charge in [0.2, 0.25) is 10.0 Å². The molecule has 0 radical (unpaired) electrons. The van der Waals surface area contributed by atoms with Crippen molar-refractivity contribution < 1.29 is 27.5 Å². The number of benzene rings is 2. The lowest BCUT2D eigenvalue weighted by Crippen LogP contribution is -2.41. The SMILES string of the molecule is COc1cc(C(=O)NNC(=O)c2cccc(S(=O)(=O)N3CCCCC3)c2)cc(OC)c1C. The normalized spacial score (nSPS) is 14.5. The summed E-state index contributed by atoms with van der Waals surface area (Å²) in [6, 6.07) is 8.82. The maximum absolute atomic E-state index is 12.9. The van der Waals surface area contributed by atoms with Crippen LogP contribution in [0.1, 0.15) is 45.5 Å². The van der Waals surface area contributed by atoms with Crippen LogP contribution in [0.2, 0.25) is 0 Å². The van der Waals surface area contributed by atoms with Gasteiger partial charge < -0.3 is 9.47 Å². The number of piperidine rings is 1. The van der Waals surface area contributed by atoms with Gasteiger partial charge in [-0.15, -0.1) is 0 Å². The summed E-state index contributed by atoms with van der Waals surface area (Å²) in [5.74, 6) is -0.278. The van der Waals surface area contributed by atoms with Crippen molar-refractivity contribution in [1.29, 1.82) is 0 Å². The highest BCUT2D eigenvalue weighted by molar-refractivity contribution is 7.89. The second kappa shape index (κ2) is 10.0. The van der Waals surface area contributed by atoms with E-state index in [9.17, 15) is 18.0 Å². The zero-order valence-electron chi connectivity index (χ0n) is 18.3. The average molecular weight is 462 g/mol. The van der Waals surface area contributed by atoms with Crippen LogP contribution in [0.15, 0.2) is 41.3 Å². The minimum Gasteiger partial charge on any atom is -0.496 e. The number of hydrogen-bond acceptors (Lipinski definition) is 6. The highest BCUT2D eigenvalue weighted by Crippen LogP contribution is 2.29. The molecule has 0 unspecified atom stereocenters. The van der Waals surface area contributed by atoms with E-state index in [0.29, 0.717) is 24.6 Å². The summed E-state index contributed by atoms with van der Waals surface area (Å²) >= 11 is 0. The molecule has 2 amide bonds. The molecule has 9 nitrogen and oxygen atoms in total. The Morgan fingerprint density at radius 2 is 1.44 bits per heavy atom. The summed E-state index contributed by atoms with van der Waals surface area (Å²) in [5, 5.41) is 0. The second-order valence-electron chi connectivity index (χ2n) is 7.41. The maximum atomic E-state index is 12.9. The average Bonchev–Trinajstić information content (AvgIpc) is 2.83. The van der Waals surface area contributed by atoms with E-state index in [-0.39, 0.29) is 16.0 Å². The van der Waals surface area contributed by atoms with E-state index in [2.05, 4.69) is 10.9 Å². The Labute approximate surface area is 187 Å². The topological polar surface area (TPSA) is 114 Å². The third kappa shape index (κ3) is 5.03. The molecule has 10 heteroatoms. The van der Waals surface area contributed by atoms with Crippen LogP contribution < -0.4 is 20.3 Å². The fourth-order valence-corrected chi connectivity index (χ4v) is 5.09. The van der Waals surface area contributed by atoms with E-state index in [1.807, 2.05) is 0 Å². The van der Waals surface area contributed by atoms with Crippen molar-refractivity contribution in [2.24, 2.45) is 0 Å². The number of nitrogens with one attached hydrogen (secondary N) is 2. The molecule has 0 aliphatic carbocycles. The maximum Gasteiger partial charge on any atom is 0.269 e. The van der Waals surface area contributed by atoms with Gasteiger partial charge in [0.25, 0.3) is 11.8 Å². The molecular formula is C22H27N3O6S. The highest BCUT2D eigenvalue weighted by Gasteiger charge is 2.26. The Balaban J connectivity index is 1.72. The van der Waals surface area contributed by atoms with Crippen molar-refractivity contribution >= 4 is 21.8 Å². The van der Waals surface area contributed by atoms with Crippen LogP contribution in [-0.2, 0) is 10.0 Å². The Morgan fingerprint density at radius 3 is 2.00 bits per heavy atom. The lowest BCUT2D eigenvalue weighted by molar-refractivity contribution is 0.0846. The van der Waals surface area contributed by atoms with Gasteiger partial charge in [-0.1, -0.05) is 12.5 Å². The van der Waals surface area contributed by atoms with Gasteiger partial charge in [-0.2, -0.15) is 4.31 Å². The summed E-state index contributed by atoms with van der Waals surface area (Å²) in [6.45, 7) is 2.74. The number of rotatable bonds is 6. The van der Waals surface area contributed by atoms with Crippen LogP contribution in [-0.4, -0.2) is 51.8 Å². The van der Waals surface area contributed by atoms with Crippen molar-refractivity contribution in [3.8, 4) is 11.5 Å². The summed E-state index contributed by atoms with van der Waals surface area (Å²) in [4.78, 5) is 25.1. The number of carbonyl (C=O) groups is 2. The van der Waals surface area contributed by atoms with Gasteiger partial charge in [-0.25, -0.2) is 8.42 Å². The van der Waals surface area contributed by atoms with Crippen LogP contribution in [0.25, 0.3) is 0 Å². The summed E-state index contributed by atoms with van der Waals surface area (Å²) in [5.41, 5.74) is 5.73. The van der Waals surface area contributed by atoms with E-state index in [1.54, 1.807) is 6.92 Å². The van der Waals surface area contributed by atoms with E-state index < -0.39 is 21.8 Å². The van der Waals surface area contributed by atoms with Gasteiger partial charge in [0.05, 0.1) is 19.1 Å². The minimum atomic E-state index is -3.67. The fraction of sp³-hybridized carbons (Fsp3) is 0.364. The molecule has 1 heterocycles. The van der Waals surface area contributed by atoms with Crippen molar-refractivity contribution in [2.45, 2.75) is 31.1 Å². The Hall–Kier alpha value is -3.11. The molecule has 1 saturated heterocycles. The van der Waals surface area contributed by atoms with E-state index in [4.69, 9.17) is 9.47 Å². The Morgan fingerprint density at radius 1 is 0.875 bits per heavy atom. The minimum absolute atomic E-state index is 0.0476.